The summed E-state index contributed by atoms with van der Waals surface area (Å²) in [7, 11) is 1.21. The third kappa shape index (κ3) is 2.36. The summed E-state index contributed by atoms with van der Waals surface area (Å²) < 4.78 is 18.2. The molecule has 0 saturated carbocycles. The van der Waals surface area contributed by atoms with Gasteiger partial charge in [-0.3, -0.25) is 0 Å². The minimum absolute atomic E-state index is 0.0895. The zero-order valence-corrected chi connectivity index (χ0v) is 10.4. The highest BCUT2D eigenvalue weighted by molar-refractivity contribution is 6.33. The van der Waals surface area contributed by atoms with Gasteiger partial charge in [-0.1, -0.05) is 35.9 Å². The molecule has 0 atom stereocenters. The maximum Gasteiger partial charge on any atom is 0.340 e. The van der Waals surface area contributed by atoms with E-state index in [-0.39, 0.29) is 5.56 Å². The Morgan fingerprint density at radius 2 is 1.94 bits per heavy atom. The van der Waals surface area contributed by atoms with Crippen molar-refractivity contribution in [1.29, 1.82) is 0 Å². The van der Waals surface area contributed by atoms with Crippen molar-refractivity contribution in [3.8, 4) is 11.1 Å². The van der Waals surface area contributed by atoms with Gasteiger partial charge in [-0.2, -0.15) is 0 Å². The van der Waals surface area contributed by atoms with Crippen LogP contribution in [0.3, 0.4) is 0 Å². The van der Waals surface area contributed by atoms with Crippen LogP contribution in [0.25, 0.3) is 11.1 Å². The molecule has 0 amide bonds. The maximum atomic E-state index is 13.8. The molecule has 92 valence electrons. The van der Waals surface area contributed by atoms with Crippen LogP contribution in [-0.4, -0.2) is 13.1 Å². The van der Waals surface area contributed by atoms with Crippen LogP contribution in [0.4, 0.5) is 4.39 Å². The van der Waals surface area contributed by atoms with Gasteiger partial charge in [0.05, 0.1) is 12.7 Å². The summed E-state index contributed by atoms with van der Waals surface area (Å²) >= 11 is 6.03. The van der Waals surface area contributed by atoms with Crippen LogP contribution in [0.15, 0.2) is 42.5 Å². The smallest absolute Gasteiger partial charge is 0.340 e. The number of carbonyl (C=O) groups is 1. The van der Waals surface area contributed by atoms with Gasteiger partial charge >= 0.3 is 5.97 Å². The Hall–Kier alpha value is -1.87. The second-order valence-corrected chi connectivity index (χ2v) is 4.07. The van der Waals surface area contributed by atoms with Crippen molar-refractivity contribution in [2.75, 3.05) is 7.11 Å². The monoisotopic (exact) mass is 264 g/mol. The quantitative estimate of drug-likeness (QED) is 0.768. The number of methoxy groups -OCH3 is 1. The van der Waals surface area contributed by atoms with E-state index >= 15 is 0 Å². The molecule has 2 aromatic carbocycles. The van der Waals surface area contributed by atoms with Gasteiger partial charge in [-0.15, -0.1) is 0 Å². The summed E-state index contributed by atoms with van der Waals surface area (Å²) in [6.07, 6.45) is 0. The van der Waals surface area contributed by atoms with E-state index in [1.165, 1.54) is 19.2 Å². The van der Waals surface area contributed by atoms with Crippen LogP contribution in [0.2, 0.25) is 5.02 Å². The van der Waals surface area contributed by atoms with E-state index in [1.54, 1.807) is 24.3 Å². The number of rotatable bonds is 2. The Bertz CT molecular complexity index is 596. The average molecular weight is 265 g/mol. The van der Waals surface area contributed by atoms with E-state index in [0.29, 0.717) is 10.6 Å². The fraction of sp³-hybridized carbons (Fsp3) is 0.0714. The molecule has 0 saturated heterocycles. The van der Waals surface area contributed by atoms with Gasteiger partial charge in [-0.25, -0.2) is 9.18 Å². The maximum absolute atomic E-state index is 13.8. The Kier molecular flexibility index (Phi) is 3.63. The summed E-state index contributed by atoms with van der Waals surface area (Å²) in [4.78, 5) is 11.3. The van der Waals surface area contributed by atoms with Gasteiger partial charge in [0.25, 0.3) is 0 Å². The molecule has 0 heterocycles. The molecule has 4 heteroatoms. The molecule has 0 radical (unpaired) electrons. The Balaban J connectivity index is 2.47. The summed E-state index contributed by atoms with van der Waals surface area (Å²) in [5.41, 5.74) is 1.24. The van der Waals surface area contributed by atoms with Crippen LogP contribution in [0, 0.1) is 5.82 Å². The van der Waals surface area contributed by atoms with Gasteiger partial charge < -0.3 is 4.74 Å². The zero-order chi connectivity index (χ0) is 13.1. The minimum Gasteiger partial charge on any atom is -0.465 e. The standard InChI is InChI=1S/C14H10ClFO2/c1-18-14(17)11-7-6-9(8-13(11)16)10-4-2-3-5-12(10)15/h2-8H,1H3. The first-order chi connectivity index (χ1) is 8.63. The first-order valence-corrected chi connectivity index (χ1v) is 5.64. The van der Waals surface area contributed by atoms with Crippen LogP contribution in [0.1, 0.15) is 10.4 Å². The first kappa shape index (κ1) is 12.6. The molecule has 18 heavy (non-hydrogen) atoms. The molecular weight excluding hydrogens is 255 g/mol. The van der Waals surface area contributed by atoms with Crippen molar-refractivity contribution in [2.45, 2.75) is 0 Å². The molecule has 0 N–H and O–H groups in total. The van der Waals surface area contributed by atoms with Gasteiger partial charge in [0.2, 0.25) is 0 Å². The highest BCUT2D eigenvalue weighted by Crippen LogP contribution is 2.28. The van der Waals surface area contributed by atoms with Crippen LogP contribution in [-0.2, 0) is 4.74 Å². The summed E-state index contributed by atoms with van der Waals surface area (Å²) in [5, 5.41) is 0.530. The number of ether oxygens (including phenoxy) is 1. The highest BCUT2D eigenvalue weighted by atomic mass is 35.5. The fourth-order valence-corrected chi connectivity index (χ4v) is 1.90. The van der Waals surface area contributed by atoms with E-state index < -0.39 is 11.8 Å². The Labute approximate surface area is 109 Å². The topological polar surface area (TPSA) is 26.3 Å². The molecule has 0 spiro atoms. The van der Waals surface area contributed by atoms with E-state index in [2.05, 4.69) is 4.74 Å². The third-order valence-corrected chi connectivity index (χ3v) is 2.89. The van der Waals surface area contributed by atoms with Gasteiger partial charge in [0.1, 0.15) is 5.82 Å². The molecule has 2 rings (SSSR count). The lowest BCUT2D eigenvalue weighted by molar-refractivity contribution is 0.0595. The van der Waals surface area contributed by atoms with Crippen molar-refractivity contribution in [1.82, 2.24) is 0 Å². The van der Waals surface area contributed by atoms with E-state index in [9.17, 15) is 9.18 Å². The fourth-order valence-electron chi connectivity index (χ4n) is 1.65. The van der Waals surface area contributed by atoms with Crippen molar-refractivity contribution in [3.63, 3.8) is 0 Å². The molecule has 0 fully saturated rings. The zero-order valence-electron chi connectivity index (χ0n) is 9.61. The molecule has 0 bridgehead atoms. The lowest BCUT2D eigenvalue weighted by atomic mass is 10.0. The van der Waals surface area contributed by atoms with Gasteiger partial charge in [0, 0.05) is 10.6 Å². The van der Waals surface area contributed by atoms with Gasteiger partial charge in [-0.05, 0) is 23.8 Å². The first-order valence-electron chi connectivity index (χ1n) is 5.26. The van der Waals surface area contributed by atoms with Crippen molar-refractivity contribution >= 4 is 17.6 Å². The minimum atomic E-state index is -0.696. The Morgan fingerprint density at radius 1 is 1.22 bits per heavy atom. The molecule has 0 unspecified atom stereocenters. The largest absolute Gasteiger partial charge is 0.465 e. The van der Waals surface area contributed by atoms with Crippen LogP contribution < -0.4 is 0 Å². The number of hydrogen-bond donors (Lipinski definition) is 0. The molecule has 2 nitrogen and oxygen atoms in total. The number of carbonyl (C=O) groups excluding carboxylic acids is 1. The highest BCUT2D eigenvalue weighted by Gasteiger charge is 2.13. The molecular formula is C14H10ClFO2. The number of halogens is 2. The second-order valence-electron chi connectivity index (χ2n) is 3.67. The van der Waals surface area contributed by atoms with E-state index in [1.807, 2.05) is 6.07 Å². The molecule has 0 aliphatic rings. The van der Waals surface area contributed by atoms with Crippen LogP contribution >= 0.6 is 11.6 Å². The summed E-state index contributed by atoms with van der Waals surface area (Å²) in [6.45, 7) is 0. The summed E-state index contributed by atoms with van der Waals surface area (Å²) in [6, 6.07) is 11.4. The third-order valence-electron chi connectivity index (χ3n) is 2.56. The predicted molar refractivity (Wildman–Crippen MR) is 68.2 cm³/mol. The Morgan fingerprint density at radius 3 is 2.56 bits per heavy atom. The molecule has 0 aliphatic heterocycles. The number of esters is 1. The van der Waals surface area contributed by atoms with E-state index in [0.717, 1.165) is 5.56 Å². The lowest BCUT2D eigenvalue weighted by Gasteiger charge is -2.06. The molecule has 2 aromatic rings. The number of benzene rings is 2. The van der Waals surface area contributed by atoms with Crippen molar-refractivity contribution < 1.29 is 13.9 Å². The van der Waals surface area contributed by atoms with Crippen molar-refractivity contribution in [3.05, 3.63) is 58.9 Å². The normalized spacial score (nSPS) is 10.2. The average Bonchev–Trinajstić information content (AvgIpc) is 2.38. The SMILES string of the molecule is COC(=O)c1ccc(-c2ccccc2Cl)cc1F. The van der Waals surface area contributed by atoms with Crippen molar-refractivity contribution in [2.24, 2.45) is 0 Å². The predicted octanol–water partition coefficient (Wildman–Crippen LogP) is 3.93. The van der Waals surface area contributed by atoms with E-state index in [4.69, 9.17) is 11.6 Å². The lowest BCUT2D eigenvalue weighted by Crippen LogP contribution is -2.04. The summed E-state index contributed by atoms with van der Waals surface area (Å²) in [5.74, 6) is -1.32. The number of hydrogen-bond acceptors (Lipinski definition) is 2. The molecule has 0 aromatic heterocycles. The second kappa shape index (κ2) is 5.19. The molecule has 0 aliphatic carbocycles. The van der Waals surface area contributed by atoms with Crippen LogP contribution in [0.5, 0.6) is 0 Å². The van der Waals surface area contributed by atoms with Gasteiger partial charge in [0.15, 0.2) is 0 Å².